The molecule has 0 aromatic carbocycles. The summed E-state index contributed by atoms with van der Waals surface area (Å²) in [6.07, 6.45) is 2.56. The number of nitrogens with zero attached hydrogens (tertiary/aromatic N) is 3. The Balaban J connectivity index is 1.90. The van der Waals surface area contributed by atoms with Crippen molar-refractivity contribution in [2.24, 2.45) is 0 Å². The number of rotatable bonds is 2. The van der Waals surface area contributed by atoms with Crippen LogP contribution in [0.3, 0.4) is 0 Å². The van der Waals surface area contributed by atoms with E-state index in [0.29, 0.717) is 19.0 Å². The molecule has 0 radical (unpaired) electrons. The van der Waals surface area contributed by atoms with Gasteiger partial charge in [0.1, 0.15) is 5.69 Å². The van der Waals surface area contributed by atoms with E-state index < -0.39 is 0 Å². The number of ether oxygens (including phenoxy) is 1. The van der Waals surface area contributed by atoms with Gasteiger partial charge in [0, 0.05) is 19.0 Å². The van der Waals surface area contributed by atoms with Gasteiger partial charge in [-0.1, -0.05) is 0 Å². The smallest absolute Gasteiger partial charge is 0.272 e. The molecule has 2 atom stereocenters. The SMILES string of the molecule is CC1CN(C(=O)c2cc(C3CC3)nn2C(C)(C)C)CC(C)O1. The highest BCUT2D eigenvalue weighted by Crippen LogP contribution is 2.40. The fraction of sp³-hybridized carbons (Fsp3) is 0.765. The molecule has 0 bridgehead atoms. The van der Waals surface area contributed by atoms with E-state index >= 15 is 0 Å². The molecule has 5 nitrogen and oxygen atoms in total. The molecule has 1 aliphatic heterocycles. The third-order valence-corrected chi connectivity index (χ3v) is 4.29. The zero-order chi connectivity index (χ0) is 16.1. The molecule has 2 fully saturated rings. The van der Waals surface area contributed by atoms with Gasteiger partial charge in [-0.2, -0.15) is 5.10 Å². The van der Waals surface area contributed by atoms with Crippen molar-refractivity contribution in [2.45, 2.75) is 71.1 Å². The van der Waals surface area contributed by atoms with Crippen LogP contribution in [0.15, 0.2) is 6.07 Å². The summed E-state index contributed by atoms with van der Waals surface area (Å²) in [5, 5.41) is 4.74. The lowest BCUT2D eigenvalue weighted by atomic mass is 10.1. The lowest BCUT2D eigenvalue weighted by Gasteiger charge is -2.35. The van der Waals surface area contributed by atoms with Gasteiger partial charge < -0.3 is 9.64 Å². The number of morpholine rings is 1. The first kappa shape index (κ1) is 15.5. The summed E-state index contributed by atoms with van der Waals surface area (Å²) >= 11 is 0. The second kappa shape index (κ2) is 5.37. The maximum absolute atomic E-state index is 13.0. The minimum Gasteiger partial charge on any atom is -0.372 e. The second-order valence-electron chi connectivity index (χ2n) is 7.78. The highest BCUT2D eigenvalue weighted by atomic mass is 16.5. The van der Waals surface area contributed by atoms with Crippen LogP contribution in [0.25, 0.3) is 0 Å². The molecule has 1 amide bonds. The fourth-order valence-corrected chi connectivity index (χ4v) is 3.15. The van der Waals surface area contributed by atoms with Crippen molar-refractivity contribution in [3.05, 3.63) is 17.5 Å². The molecule has 1 saturated carbocycles. The van der Waals surface area contributed by atoms with Gasteiger partial charge in [0.05, 0.1) is 23.4 Å². The molecule has 1 saturated heterocycles. The monoisotopic (exact) mass is 305 g/mol. The van der Waals surface area contributed by atoms with Crippen molar-refractivity contribution in [1.82, 2.24) is 14.7 Å². The molecule has 0 N–H and O–H groups in total. The summed E-state index contributed by atoms with van der Waals surface area (Å²) in [7, 11) is 0. The average molecular weight is 305 g/mol. The standard InChI is InChI=1S/C17H27N3O2/c1-11-9-19(10-12(2)22-11)16(21)15-8-14(13-6-7-13)18-20(15)17(3,4)5/h8,11-13H,6-7,9-10H2,1-5H3. The third kappa shape index (κ3) is 3.05. The maximum atomic E-state index is 13.0. The van der Waals surface area contributed by atoms with Gasteiger partial charge in [0.15, 0.2) is 0 Å². The van der Waals surface area contributed by atoms with Gasteiger partial charge in [0.25, 0.3) is 5.91 Å². The van der Waals surface area contributed by atoms with Crippen LogP contribution in [0.5, 0.6) is 0 Å². The number of carbonyl (C=O) groups is 1. The molecular formula is C17H27N3O2. The summed E-state index contributed by atoms with van der Waals surface area (Å²) in [6.45, 7) is 11.6. The highest BCUT2D eigenvalue weighted by molar-refractivity contribution is 5.93. The van der Waals surface area contributed by atoms with Crippen LogP contribution in [-0.4, -0.2) is 45.9 Å². The molecule has 2 unspecified atom stereocenters. The summed E-state index contributed by atoms with van der Waals surface area (Å²) < 4.78 is 7.65. The number of hydrogen-bond acceptors (Lipinski definition) is 3. The van der Waals surface area contributed by atoms with Crippen LogP contribution in [-0.2, 0) is 10.3 Å². The molecule has 22 heavy (non-hydrogen) atoms. The Labute approximate surface area is 132 Å². The number of amides is 1. The predicted octanol–water partition coefficient (Wildman–Crippen LogP) is 2.76. The van der Waals surface area contributed by atoms with E-state index in [1.54, 1.807) is 0 Å². The van der Waals surface area contributed by atoms with Gasteiger partial charge in [-0.15, -0.1) is 0 Å². The Morgan fingerprint density at radius 1 is 1.23 bits per heavy atom. The van der Waals surface area contributed by atoms with Crippen molar-refractivity contribution in [2.75, 3.05) is 13.1 Å². The van der Waals surface area contributed by atoms with Gasteiger partial charge >= 0.3 is 0 Å². The van der Waals surface area contributed by atoms with Gasteiger partial charge in [-0.3, -0.25) is 9.48 Å². The summed E-state index contributed by atoms with van der Waals surface area (Å²) in [5.41, 5.74) is 1.60. The van der Waals surface area contributed by atoms with Gasteiger partial charge in [-0.25, -0.2) is 0 Å². The number of aromatic nitrogens is 2. The van der Waals surface area contributed by atoms with Crippen LogP contribution in [0.1, 0.15) is 69.6 Å². The topological polar surface area (TPSA) is 47.4 Å². The minimum atomic E-state index is -0.193. The van der Waals surface area contributed by atoms with Crippen molar-refractivity contribution in [3.63, 3.8) is 0 Å². The third-order valence-electron chi connectivity index (χ3n) is 4.29. The molecule has 1 aromatic heterocycles. The zero-order valence-electron chi connectivity index (χ0n) is 14.3. The molecule has 1 aromatic rings. The summed E-state index contributed by atoms with van der Waals surface area (Å²) in [6, 6.07) is 2.01. The van der Waals surface area contributed by atoms with E-state index in [4.69, 9.17) is 9.84 Å². The second-order valence-corrected chi connectivity index (χ2v) is 7.78. The Morgan fingerprint density at radius 3 is 2.32 bits per heavy atom. The number of carbonyl (C=O) groups excluding carboxylic acids is 1. The zero-order valence-corrected chi connectivity index (χ0v) is 14.3. The molecular weight excluding hydrogens is 278 g/mol. The van der Waals surface area contributed by atoms with Crippen molar-refractivity contribution >= 4 is 5.91 Å². The Hall–Kier alpha value is -1.36. The van der Waals surface area contributed by atoms with Crippen molar-refractivity contribution < 1.29 is 9.53 Å². The Kier molecular flexibility index (Phi) is 3.79. The first-order valence-electron chi connectivity index (χ1n) is 8.31. The van der Waals surface area contributed by atoms with E-state index in [1.165, 1.54) is 12.8 Å². The Bertz CT molecular complexity index is 559. The highest BCUT2D eigenvalue weighted by Gasteiger charge is 2.34. The van der Waals surface area contributed by atoms with Crippen molar-refractivity contribution in [3.8, 4) is 0 Å². The van der Waals surface area contributed by atoms with Crippen LogP contribution in [0.2, 0.25) is 0 Å². The lowest BCUT2D eigenvalue weighted by molar-refractivity contribution is -0.0589. The molecule has 122 valence electrons. The van der Waals surface area contributed by atoms with E-state index in [2.05, 4.69) is 20.8 Å². The molecule has 5 heteroatoms. The lowest BCUT2D eigenvalue weighted by Crippen LogP contribution is -2.49. The average Bonchev–Trinajstić information content (AvgIpc) is 3.14. The van der Waals surface area contributed by atoms with Gasteiger partial charge in [-0.05, 0) is 53.5 Å². The molecule has 2 aliphatic rings. The Morgan fingerprint density at radius 2 is 1.82 bits per heavy atom. The quantitative estimate of drug-likeness (QED) is 0.844. The predicted molar refractivity (Wildman–Crippen MR) is 85.1 cm³/mol. The molecule has 1 aliphatic carbocycles. The van der Waals surface area contributed by atoms with Crippen molar-refractivity contribution in [1.29, 1.82) is 0 Å². The molecule has 0 spiro atoms. The van der Waals surface area contributed by atoms with E-state index in [1.807, 2.05) is 29.5 Å². The first-order valence-corrected chi connectivity index (χ1v) is 8.31. The van der Waals surface area contributed by atoms with Crippen LogP contribution < -0.4 is 0 Å². The summed E-state index contributed by atoms with van der Waals surface area (Å²) in [4.78, 5) is 14.9. The van der Waals surface area contributed by atoms with E-state index in [-0.39, 0.29) is 23.7 Å². The normalized spacial score (nSPS) is 26.3. The minimum absolute atomic E-state index is 0.0799. The molecule has 3 rings (SSSR count). The van der Waals surface area contributed by atoms with E-state index in [0.717, 1.165) is 11.4 Å². The first-order chi connectivity index (χ1) is 10.3. The summed E-state index contributed by atoms with van der Waals surface area (Å²) in [5.74, 6) is 0.633. The van der Waals surface area contributed by atoms with Gasteiger partial charge in [0.2, 0.25) is 0 Å². The van der Waals surface area contributed by atoms with Crippen LogP contribution in [0, 0.1) is 0 Å². The maximum Gasteiger partial charge on any atom is 0.272 e. The molecule has 2 heterocycles. The van der Waals surface area contributed by atoms with Crippen LogP contribution in [0.4, 0.5) is 0 Å². The largest absolute Gasteiger partial charge is 0.372 e. The fourth-order valence-electron chi connectivity index (χ4n) is 3.15. The number of hydrogen-bond donors (Lipinski definition) is 0. The van der Waals surface area contributed by atoms with E-state index in [9.17, 15) is 4.79 Å². The van der Waals surface area contributed by atoms with Crippen LogP contribution >= 0.6 is 0 Å².